The van der Waals surface area contributed by atoms with Gasteiger partial charge in [0.25, 0.3) is 5.56 Å². The molecule has 0 aliphatic carbocycles. The second kappa shape index (κ2) is 3.82. The quantitative estimate of drug-likeness (QED) is 0.697. The molecule has 0 amide bonds. The molecule has 0 bridgehead atoms. The van der Waals surface area contributed by atoms with Gasteiger partial charge in [-0.2, -0.15) is 5.10 Å². The standard InChI is InChI=1S/C9H12N2O4/c1-6-3-7(12)11(10-4-6)5-9(2,15)8(13)14/h3-4,15H,5H2,1-2H3,(H,13,14). The Morgan fingerprint density at radius 2 is 2.27 bits per heavy atom. The van der Waals surface area contributed by atoms with Gasteiger partial charge in [0.1, 0.15) is 0 Å². The van der Waals surface area contributed by atoms with Crippen LogP contribution < -0.4 is 5.56 Å². The van der Waals surface area contributed by atoms with Crippen molar-refractivity contribution in [2.75, 3.05) is 0 Å². The fourth-order valence-corrected chi connectivity index (χ4v) is 1.00. The molecule has 1 aromatic heterocycles. The monoisotopic (exact) mass is 212 g/mol. The molecule has 1 heterocycles. The lowest BCUT2D eigenvalue weighted by Crippen LogP contribution is -2.42. The SMILES string of the molecule is Cc1cnn(CC(C)(O)C(=O)O)c(=O)c1. The first-order valence-electron chi connectivity index (χ1n) is 4.32. The van der Waals surface area contributed by atoms with Crippen LogP contribution in [0.2, 0.25) is 0 Å². The third-order valence-electron chi connectivity index (χ3n) is 1.92. The van der Waals surface area contributed by atoms with Crippen LogP contribution in [-0.2, 0) is 11.3 Å². The molecular formula is C9H12N2O4. The molecule has 1 rings (SSSR count). The van der Waals surface area contributed by atoms with Gasteiger partial charge in [-0.3, -0.25) is 4.79 Å². The Hall–Kier alpha value is -1.69. The van der Waals surface area contributed by atoms with Crippen molar-refractivity contribution < 1.29 is 15.0 Å². The molecular weight excluding hydrogens is 200 g/mol. The molecule has 0 fully saturated rings. The van der Waals surface area contributed by atoms with E-state index in [2.05, 4.69) is 5.10 Å². The molecule has 6 heteroatoms. The number of aromatic nitrogens is 2. The van der Waals surface area contributed by atoms with Crippen molar-refractivity contribution >= 4 is 5.97 Å². The summed E-state index contributed by atoms with van der Waals surface area (Å²) < 4.78 is 0.918. The van der Waals surface area contributed by atoms with Crippen molar-refractivity contribution in [3.8, 4) is 0 Å². The van der Waals surface area contributed by atoms with E-state index in [1.165, 1.54) is 12.3 Å². The van der Waals surface area contributed by atoms with Gasteiger partial charge in [-0.1, -0.05) is 0 Å². The van der Waals surface area contributed by atoms with E-state index in [9.17, 15) is 14.7 Å². The summed E-state index contributed by atoms with van der Waals surface area (Å²) in [5.41, 5.74) is -1.74. The van der Waals surface area contributed by atoms with Crippen LogP contribution in [0.1, 0.15) is 12.5 Å². The number of rotatable bonds is 3. The maximum Gasteiger partial charge on any atom is 0.337 e. The summed E-state index contributed by atoms with van der Waals surface area (Å²) in [6.07, 6.45) is 1.43. The Labute approximate surface area is 85.8 Å². The minimum Gasteiger partial charge on any atom is -0.479 e. The average Bonchev–Trinajstić information content (AvgIpc) is 2.09. The lowest BCUT2D eigenvalue weighted by molar-refractivity contribution is -0.158. The molecule has 0 saturated heterocycles. The van der Waals surface area contributed by atoms with E-state index >= 15 is 0 Å². The first-order chi connectivity index (χ1) is 6.83. The molecule has 0 saturated carbocycles. The Morgan fingerprint density at radius 3 is 2.73 bits per heavy atom. The van der Waals surface area contributed by atoms with Gasteiger partial charge in [0, 0.05) is 6.07 Å². The van der Waals surface area contributed by atoms with E-state index in [1.807, 2.05) is 0 Å². The Morgan fingerprint density at radius 1 is 1.67 bits per heavy atom. The minimum absolute atomic E-state index is 0.374. The van der Waals surface area contributed by atoms with Crippen molar-refractivity contribution in [1.82, 2.24) is 9.78 Å². The van der Waals surface area contributed by atoms with Crippen molar-refractivity contribution in [2.24, 2.45) is 0 Å². The molecule has 15 heavy (non-hydrogen) atoms. The van der Waals surface area contributed by atoms with Crippen LogP contribution in [0.3, 0.4) is 0 Å². The third-order valence-corrected chi connectivity index (χ3v) is 1.92. The number of carboxylic acids is 1. The maximum absolute atomic E-state index is 11.3. The lowest BCUT2D eigenvalue weighted by atomic mass is 10.1. The number of hydrogen-bond donors (Lipinski definition) is 2. The fourth-order valence-electron chi connectivity index (χ4n) is 1.00. The summed E-state index contributed by atoms with van der Waals surface area (Å²) in [5, 5.41) is 21.8. The minimum atomic E-state index is -1.99. The second-order valence-electron chi connectivity index (χ2n) is 3.61. The highest BCUT2D eigenvalue weighted by atomic mass is 16.4. The van der Waals surface area contributed by atoms with Gasteiger partial charge in [-0.05, 0) is 19.4 Å². The Balaban J connectivity index is 3.00. The van der Waals surface area contributed by atoms with Crippen LogP contribution in [0.25, 0.3) is 0 Å². The molecule has 1 atom stereocenters. The largest absolute Gasteiger partial charge is 0.479 e. The summed E-state index contributed by atoms with van der Waals surface area (Å²) in [7, 11) is 0. The number of aliphatic hydroxyl groups is 1. The van der Waals surface area contributed by atoms with Gasteiger partial charge in [0.05, 0.1) is 12.7 Å². The van der Waals surface area contributed by atoms with Crippen LogP contribution >= 0.6 is 0 Å². The molecule has 2 N–H and O–H groups in total. The summed E-state index contributed by atoms with van der Waals surface area (Å²) in [6, 6.07) is 1.32. The number of aliphatic carboxylic acids is 1. The molecule has 82 valence electrons. The van der Waals surface area contributed by atoms with Crippen LogP contribution in [0.5, 0.6) is 0 Å². The number of carboxylic acid groups (broad SMARTS) is 1. The van der Waals surface area contributed by atoms with Crippen LogP contribution in [-0.4, -0.2) is 31.6 Å². The van der Waals surface area contributed by atoms with Gasteiger partial charge in [-0.15, -0.1) is 0 Å². The van der Waals surface area contributed by atoms with E-state index in [0.717, 1.165) is 11.6 Å². The van der Waals surface area contributed by atoms with Crippen molar-refractivity contribution in [3.63, 3.8) is 0 Å². The average molecular weight is 212 g/mol. The highest BCUT2D eigenvalue weighted by Gasteiger charge is 2.31. The van der Waals surface area contributed by atoms with Crippen molar-refractivity contribution in [2.45, 2.75) is 26.0 Å². The number of hydrogen-bond acceptors (Lipinski definition) is 4. The Kier molecular flexibility index (Phi) is 2.90. The molecule has 0 spiro atoms. The zero-order valence-corrected chi connectivity index (χ0v) is 8.47. The first kappa shape index (κ1) is 11.4. The highest BCUT2D eigenvalue weighted by Crippen LogP contribution is 2.05. The Bertz CT molecular complexity index is 436. The van der Waals surface area contributed by atoms with Crippen molar-refractivity contribution in [1.29, 1.82) is 0 Å². The number of nitrogens with zero attached hydrogens (tertiary/aromatic N) is 2. The number of aryl methyl sites for hydroxylation is 1. The second-order valence-corrected chi connectivity index (χ2v) is 3.61. The van der Waals surface area contributed by atoms with Gasteiger partial charge < -0.3 is 10.2 Å². The normalized spacial score (nSPS) is 14.6. The number of carbonyl (C=O) groups is 1. The molecule has 6 nitrogen and oxygen atoms in total. The maximum atomic E-state index is 11.3. The van der Waals surface area contributed by atoms with Gasteiger partial charge in [0.2, 0.25) is 0 Å². The summed E-state index contributed by atoms with van der Waals surface area (Å²) in [6.45, 7) is 2.44. The predicted octanol–water partition coefficient (Wildman–Crippen LogP) is -0.613. The van der Waals surface area contributed by atoms with Gasteiger partial charge in [-0.25, -0.2) is 9.48 Å². The first-order valence-corrected chi connectivity index (χ1v) is 4.32. The van der Waals surface area contributed by atoms with Crippen LogP contribution in [0, 0.1) is 6.92 Å². The van der Waals surface area contributed by atoms with E-state index in [0.29, 0.717) is 5.56 Å². The molecule has 1 unspecified atom stereocenters. The molecule has 0 aromatic carbocycles. The summed E-state index contributed by atoms with van der Waals surface area (Å²) >= 11 is 0. The van der Waals surface area contributed by atoms with E-state index in [-0.39, 0.29) is 6.54 Å². The molecule has 1 aromatic rings. The van der Waals surface area contributed by atoms with Gasteiger partial charge in [0.15, 0.2) is 5.60 Å². The zero-order chi connectivity index (χ0) is 11.6. The highest BCUT2D eigenvalue weighted by molar-refractivity contribution is 5.76. The summed E-state index contributed by atoms with van der Waals surface area (Å²) in [4.78, 5) is 21.9. The predicted molar refractivity (Wildman–Crippen MR) is 51.5 cm³/mol. The third kappa shape index (κ3) is 2.63. The van der Waals surface area contributed by atoms with Crippen molar-refractivity contribution in [3.05, 3.63) is 28.2 Å². The van der Waals surface area contributed by atoms with Gasteiger partial charge >= 0.3 is 5.97 Å². The molecule has 0 radical (unpaired) electrons. The van der Waals surface area contributed by atoms with E-state index in [1.54, 1.807) is 6.92 Å². The smallest absolute Gasteiger partial charge is 0.337 e. The fraction of sp³-hybridized carbons (Fsp3) is 0.444. The van der Waals surface area contributed by atoms with Crippen LogP contribution in [0.4, 0.5) is 0 Å². The topological polar surface area (TPSA) is 92.4 Å². The van der Waals surface area contributed by atoms with E-state index in [4.69, 9.17) is 5.11 Å². The van der Waals surface area contributed by atoms with Crippen LogP contribution in [0.15, 0.2) is 17.1 Å². The zero-order valence-electron chi connectivity index (χ0n) is 8.47. The summed E-state index contributed by atoms with van der Waals surface area (Å²) in [5.74, 6) is -1.39. The van der Waals surface area contributed by atoms with E-state index < -0.39 is 17.1 Å². The molecule has 0 aliphatic rings. The lowest BCUT2D eigenvalue weighted by Gasteiger charge is -2.17. The molecule has 0 aliphatic heterocycles.